The number of hydrogen-bond acceptors (Lipinski definition) is 3. The van der Waals surface area contributed by atoms with E-state index >= 15 is 0 Å². The van der Waals surface area contributed by atoms with Crippen LogP contribution in [0.4, 0.5) is 5.69 Å². The highest BCUT2D eigenvalue weighted by atomic mass is 35.5. The van der Waals surface area contributed by atoms with Gasteiger partial charge in [-0.2, -0.15) is 0 Å². The Hall–Kier alpha value is -0.250. The highest BCUT2D eigenvalue weighted by Gasteiger charge is 2.21. The topological polar surface area (TPSA) is 52.0 Å². The van der Waals surface area contributed by atoms with E-state index in [0.717, 1.165) is 29.3 Å². The van der Waals surface area contributed by atoms with Gasteiger partial charge in [-0.25, -0.2) is 0 Å². The molecule has 0 saturated carbocycles. The van der Waals surface area contributed by atoms with E-state index in [1.807, 2.05) is 0 Å². The maximum Gasteiger partial charge on any atom is 0.116 e. The average molecular weight is 203 g/mol. The molecule has 12 heavy (non-hydrogen) atoms. The maximum absolute atomic E-state index is 5.92. The minimum absolute atomic E-state index is 0.298. The monoisotopic (exact) mass is 202 g/mol. The largest absolute Gasteiger partial charge is 0.397 e. The fourth-order valence-electron chi connectivity index (χ4n) is 1.60. The summed E-state index contributed by atoms with van der Waals surface area (Å²) in [5.74, 6) is 0. The van der Waals surface area contributed by atoms with E-state index in [1.165, 1.54) is 10.4 Å². The molecule has 0 fully saturated rings. The van der Waals surface area contributed by atoms with Crippen molar-refractivity contribution in [3.8, 4) is 0 Å². The fraction of sp³-hybridized carbons (Fsp3) is 0.500. The van der Waals surface area contributed by atoms with Crippen LogP contribution in [0.3, 0.4) is 0 Å². The van der Waals surface area contributed by atoms with Crippen LogP contribution >= 0.6 is 22.9 Å². The molecule has 0 amide bonds. The molecule has 0 aromatic carbocycles. The van der Waals surface area contributed by atoms with Gasteiger partial charge in [-0.15, -0.1) is 11.3 Å². The zero-order chi connectivity index (χ0) is 8.72. The summed E-state index contributed by atoms with van der Waals surface area (Å²) >= 11 is 7.50. The van der Waals surface area contributed by atoms with Crippen LogP contribution in [0, 0.1) is 0 Å². The van der Waals surface area contributed by atoms with Crippen molar-refractivity contribution in [3.05, 3.63) is 14.8 Å². The first kappa shape index (κ1) is 8.35. The molecule has 0 saturated heterocycles. The van der Waals surface area contributed by atoms with Crippen molar-refractivity contribution in [2.45, 2.75) is 25.3 Å². The Labute approximate surface area is 80.5 Å². The van der Waals surface area contributed by atoms with Crippen LogP contribution in [0.25, 0.3) is 0 Å². The minimum atomic E-state index is 0.298. The average Bonchev–Trinajstić information content (AvgIpc) is 2.28. The third-order valence-corrected chi connectivity index (χ3v) is 3.79. The van der Waals surface area contributed by atoms with E-state index in [-0.39, 0.29) is 0 Å². The Balaban J connectivity index is 2.43. The molecule has 0 aliphatic heterocycles. The number of halogens is 1. The quantitative estimate of drug-likeness (QED) is 0.674. The second kappa shape index (κ2) is 2.91. The van der Waals surface area contributed by atoms with Crippen molar-refractivity contribution in [3.63, 3.8) is 0 Å². The van der Waals surface area contributed by atoms with E-state index in [9.17, 15) is 0 Å². The lowest BCUT2D eigenvalue weighted by molar-refractivity contribution is 0.585. The molecule has 1 unspecified atom stereocenters. The van der Waals surface area contributed by atoms with Crippen molar-refractivity contribution in [2.75, 3.05) is 5.73 Å². The van der Waals surface area contributed by atoms with Crippen LogP contribution in [0.2, 0.25) is 4.34 Å². The molecular weight excluding hydrogens is 192 g/mol. The van der Waals surface area contributed by atoms with E-state index in [2.05, 4.69) is 0 Å². The molecule has 66 valence electrons. The highest BCUT2D eigenvalue weighted by molar-refractivity contribution is 7.17. The van der Waals surface area contributed by atoms with Gasteiger partial charge >= 0.3 is 0 Å². The van der Waals surface area contributed by atoms with Crippen LogP contribution in [0.5, 0.6) is 0 Å². The first-order valence-electron chi connectivity index (χ1n) is 3.99. The van der Waals surface area contributed by atoms with Gasteiger partial charge in [0.1, 0.15) is 4.34 Å². The maximum atomic E-state index is 5.92. The molecular formula is C8H11ClN2S. The van der Waals surface area contributed by atoms with Crippen LogP contribution < -0.4 is 11.5 Å². The molecule has 1 aliphatic rings. The smallest absolute Gasteiger partial charge is 0.116 e. The number of rotatable bonds is 0. The predicted molar refractivity (Wildman–Crippen MR) is 53.7 cm³/mol. The fourth-order valence-corrected chi connectivity index (χ4v) is 3.08. The van der Waals surface area contributed by atoms with E-state index in [4.69, 9.17) is 23.1 Å². The summed E-state index contributed by atoms with van der Waals surface area (Å²) in [6.45, 7) is 0. The standard InChI is InChI=1S/C8H11ClN2S/c9-8-7(11)5-2-1-4(10)3-6(5)12-8/h4H,1-3,10-11H2. The van der Waals surface area contributed by atoms with Crippen molar-refractivity contribution >= 4 is 28.6 Å². The Morgan fingerprint density at radius 2 is 2.25 bits per heavy atom. The zero-order valence-corrected chi connectivity index (χ0v) is 8.21. The Morgan fingerprint density at radius 3 is 3.00 bits per heavy atom. The minimum Gasteiger partial charge on any atom is -0.397 e. The Kier molecular flexibility index (Phi) is 2.02. The van der Waals surface area contributed by atoms with Gasteiger partial charge in [0, 0.05) is 10.9 Å². The molecule has 1 aromatic rings. The van der Waals surface area contributed by atoms with E-state index < -0.39 is 0 Å². The van der Waals surface area contributed by atoms with Gasteiger partial charge in [0.25, 0.3) is 0 Å². The lowest BCUT2D eigenvalue weighted by Crippen LogP contribution is -2.27. The van der Waals surface area contributed by atoms with Gasteiger partial charge in [0.2, 0.25) is 0 Å². The van der Waals surface area contributed by atoms with Crippen LogP contribution in [0.15, 0.2) is 0 Å². The van der Waals surface area contributed by atoms with Gasteiger partial charge in [-0.05, 0) is 24.8 Å². The second-order valence-corrected chi connectivity index (χ2v) is 4.90. The summed E-state index contributed by atoms with van der Waals surface area (Å²) in [6.07, 6.45) is 2.97. The molecule has 2 rings (SSSR count). The number of thiophene rings is 1. The number of anilines is 1. The highest BCUT2D eigenvalue weighted by Crippen LogP contribution is 2.38. The van der Waals surface area contributed by atoms with Gasteiger partial charge in [-0.1, -0.05) is 11.6 Å². The molecule has 1 heterocycles. The van der Waals surface area contributed by atoms with Gasteiger partial charge in [-0.3, -0.25) is 0 Å². The number of nitrogens with two attached hydrogens (primary N) is 2. The zero-order valence-electron chi connectivity index (χ0n) is 6.64. The summed E-state index contributed by atoms with van der Waals surface area (Å²) < 4.78 is 0.731. The van der Waals surface area contributed by atoms with Crippen LogP contribution in [0.1, 0.15) is 16.9 Å². The number of hydrogen-bond donors (Lipinski definition) is 2. The molecule has 1 aromatic heterocycles. The third-order valence-electron chi connectivity index (χ3n) is 2.30. The van der Waals surface area contributed by atoms with Gasteiger partial charge < -0.3 is 11.5 Å². The molecule has 4 N–H and O–H groups in total. The Morgan fingerprint density at radius 1 is 1.50 bits per heavy atom. The molecule has 4 heteroatoms. The SMILES string of the molecule is Nc1c(Cl)sc2c1CCC(N)C2. The summed E-state index contributed by atoms with van der Waals surface area (Å²) in [7, 11) is 0. The summed E-state index contributed by atoms with van der Waals surface area (Å²) in [6, 6.07) is 0.298. The normalized spacial score (nSPS) is 22.3. The first-order valence-corrected chi connectivity index (χ1v) is 5.19. The summed E-state index contributed by atoms with van der Waals surface area (Å²) in [4.78, 5) is 1.29. The van der Waals surface area contributed by atoms with Crippen molar-refractivity contribution in [2.24, 2.45) is 5.73 Å². The number of nitrogen functional groups attached to an aromatic ring is 1. The molecule has 1 aliphatic carbocycles. The van der Waals surface area contributed by atoms with Crippen LogP contribution in [-0.4, -0.2) is 6.04 Å². The van der Waals surface area contributed by atoms with Gasteiger partial charge in [0.05, 0.1) is 5.69 Å². The number of fused-ring (bicyclic) bond motifs is 1. The van der Waals surface area contributed by atoms with Crippen LogP contribution in [-0.2, 0) is 12.8 Å². The summed E-state index contributed by atoms with van der Waals surface area (Å²) in [5.41, 5.74) is 13.7. The second-order valence-electron chi connectivity index (χ2n) is 3.19. The van der Waals surface area contributed by atoms with Crippen molar-refractivity contribution < 1.29 is 0 Å². The first-order chi connectivity index (χ1) is 5.68. The van der Waals surface area contributed by atoms with E-state index in [1.54, 1.807) is 11.3 Å². The predicted octanol–water partition coefficient (Wildman–Crippen LogP) is 1.80. The van der Waals surface area contributed by atoms with E-state index in [0.29, 0.717) is 6.04 Å². The lowest BCUT2D eigenvalue weighted by atomic mass is 9.95. The summed E-state index contributed by atoms with van der Waals surface area (Å²) in [5, 5.41) is 0. The molecule has 0 radical (unpaired) electrons. The third kappa shape index (κ3) is 1.22. The lowest BCUT2D eigenvalue weighted by Gasteiger charge is -2.17. The molecule has 1 atom stereocenters. The Bertz CT molecular complexity index is 308. The van der Waals surface area contributed by atoms with Gasteiger partial charge in [0.15, 0.2) is 0 Å². The van der Waals surface area contributed by atoms with Crippen molar-refractivity contribution in [1.82, 2.24) is 0 Å². The molecule has 0 spiro atoms. The molecule has 2 nitrogen and oxygen atoms in total. The molecule has 0 bridgehead atoms. The van der Waals surface area contributed by atoms with Crippen molar-refractivity contribution in [1.29, 1.82) is 0 Å².